The molecule has 2 unspecified atom stereocenters. The molecule has 0 spiro atoms. The predicted molar refractivity (Wildman–Crippen MR) is 79.3 cm³/mol. The molecular formula is C16H24N2O2. The second-order valence-electron chi connectivity index (χ2n) is 5.48. The van der Waals surface area contributed by atoms with E-state index in [2.05, 4.69) is 12.1 Å². The van der Waals surface area contributed by atoms with Crippen LogP contribution in [0.2, 0.25) is 0 Å². The molecule has 2 atom stereocenters. The van der Waals surface area contributed by atoms with Crippen LogP contribution in [0.15, 0.2) is 30.3 Å². The Morgan fingerprint density at radius 1 is 1.45 bits per heavy atom. The van der Waals surface area contributed by atoms with E-state index in [0.29, 0.717) is 13.0 Å². The van der Waals surface area contributed by atoms with Gasteiger partial charge in [-0.1, -0.05) is 30.3 Å². The fourth-order valence-electron chi connectivity index (χ4n) is 2.56. The summed E-state index contributed by atoms with van der Waals surface area (Å²) in [6.45, 7) is 1.46. The number of likely N-dealkylation sites (N-methyl/N-ethyl adjacent to an activating group) is 1. The molecular weight excluding hydrogens is 252 g/mol. The Balaban J connectivity index is 1.75. The van der Waals surface area contributed by atoms with Crippen molar-refractivity contribution in [2.75, 3.05) is 20.2 Å². The average Bonchev–Trinajstić information content (AvgIpc) is 2.98. The molecule has 2 rings (SSSR count). The Hall–Kier alpha value is -1.39. The number of hydrogen-bond acceptors (Lipinski definition) is 3. The Kier molecular flexibility index (Phi) is 5.56. The highest BCUT2D eigenvalue weighted by Gasteiger charge is 2.23. The fraction of sp³-hybridized carbons (Fsp3) is 0.562. The average molecular weight is 276 g/mol. The number of ether oxygens (including phenoxy) is 1. The van der Waals surface area contributed by atoms with Gasteiger partial charge in [-0.2, -0.15) is 0 Å². The summed E-state index contributed by atoms with van der Waals surface area (Å²) < 4.78 is 5.55. The second kappa shape index (κ2) is 7.41. The van der Waals surface area contributed by atoms with Crippen LogP contribution in [0.25, 0.3) is 0 Å². The summed E-state index contributed by atoms with van der Waals surface area (Å²) in [6, 6.07) is 9.70. The van der Waals surface area contributed by atoms with Gasteiger partial charge < -0.3 is 15.4 Å². The minimum Gasteiger partial charge on any atom is -0.376 e. The Morgan fingerprint density at radius 2 is 2.20 bits per heavy atom. The van der Waals surface area contributed by atoms with Crippen molar-refractivity contribution in [3.63, 3.8) is 0 Å². The minimum absolute atomic E-state index is 0.0106. The molecule has 110 valence electrons. The van der Waals surface area contributed by atoms with Crippen LogP contribution < -0.4 is 5.73 Å². The lowest BCUT2D eigenvalue weighted by atomic mass is 10.0. The van der Waals surface area contributed by atoms with Crippen molar-refractivity contribution in [2.24, 2.45) is 5.73 Å². The van der Waals surface area contributed by atoms with E-state index in [4.69, 9.17) is 10.5 Å². The van der Waals surface area contributed by atoms with Crippen LogP contribution in [0.5, 0.6) is 0 Å². The van der Waals surface area contributed by atoms with E-state index in [1.807, 2.05) is 25.2 Å². The molecule has 4 nitrogen and oxygen atoms in total. The summed E-state index contributed by atoms with van der Waals surface area (Å²) in [5.74, 6) is 0.0106. The third kappa shape index (κ3) is 4.32. The van der Waals surface area contributed by atoms with Gasteiger partial charge >= 0.3 is 0 Å². The van der Waals surface area contributed by atoms with Crippen LogP contribution in [-0.4, -0.2) is 43.2 Å². The number of carbonyl (C=O) groups excluding carboxylic acids is 1. The molecule has 0 saturated carbocycles. The van der Waals surface area contributed by atoms with E-state index in [1.54, 1.807) is 4.90 Å². The van der Waals surface area contributed by atoms with Gasteiger partial charge in [0.25, 0.3) is 0 Å². The van der Waals surface area contributed by atoms with E-state index < -0.39 is 6.04 Å². The van der Waals surface area contributed by atoms with E-state index >= 15 is 0 Å². The monoisotopic (exact) mass is 276 g/mol. The zero-order valence-electron chi connectivity index (χ0n) is 12.1. The first-order valence-electron chi connectivity index (χ1n) is 7.33. The lowest BCUT2D eigenvalue weighted by Gasteiger charge is -2.24. The van der Waals surface area contributed by atoms with Crippen LogP contribution in [0.3, 0.4) is 0 Å². The van der Waals surface area contributed by atoms with Crippen LogP contribution in [0.4, 0.5) is 0 Å². The molecule has 0 bridgehead atoms. The van der Waals surface area contributed by atoms with Crippen molar-refractivity contribution in [3.8, 4) is 0 Å². The zero-order valence-corrected chi connectivity index (χ0v) is 12.1. The summed E-state index contributed by atoms with van der Waals surface area (Å²) in [7, 11) is 1.81. The smallest absolute Gasteiger partial charge is 0.239 e. The first-order chi connectivity index (χ1) is 9.66. The Bertz CT molecular complexity index is 416. The number of nitrogens with zero attached hydrogens (tertiary/aromatic N) is 1. The standard InChI is InChI=1S/C16H24N2O2/c1-18(12-14-8-5-11-20-14)16(19)15(17)10-9-13-6-3-2-4-7-13/h2-4,6-7,14-15H,5,8-12,17H2,1H3. The first-order valence-corrected chi connectivity index (χ1v) is 7.33. The van der Waals surface area contributed by atoms with Gasteiger partial charge in [-0.3, -0.25) is 4.79 Å². The lowest BCUT2D eigenvalue weighted by molar-refractivity contribution is -0.132. The summed E-state index contributed by atoms with van der Waals surface area (Å²) in [4.78, 5) is 13.9. The third-order valence-electron chi connectivity index (χ3n) is 3.78. The van der Waals surface area contributed by atoms with Gasteiger partial charge in [0.2, 0.25) is 5.91 Å². The van der Waals surface area contributed by atoms with Crippen LogP contribution in [-0.2, 0) is 16.0 Å². The highest BCUT2D eigenvalue weighted by atomic mass is 16.5. The van der Waals surface area contributed by atoms with Crippen molar-refractivity contribution >= 4 is 5.91 Å². The topological polar surface area (TPSA) is 55.6 Å². The van der Waals surface area contributed by atoms with Gasteiger partial charge in [-0.15, -0.1) is 0 Å². The molecule has 1 amide bonds. The maximum Gasteiger partial charge on any atom is 0.239 e. The molecule has 0 aliphatic carbocycles. The molecule has 2 N–H and O–H groups in total. The van der Waals surface area contributed by atoms with Gasteiger partial charge in [0.15, 0.2) is 0 Å². The minimum atomic E-state index is -0.429. The highest BCUT2D eigenvalue weighted by Crippen LogP contribution is 2.13. The van der Waals surface area contributed by atoms with Gasteiger partial charge in [0.1, 0.15) is 0 Å². The number of rotatable bonds is 6. The van der Waals surface area contributed by atoms with E-state index in [0.717, 1.165) is 25.9 Å². The van der Waals surface area contributed by atoms with Crippen LogP contribution in [0.1, 0.15) is 24.8 Å². The van der Waals surface area contributed by atoms with Crippen molar-refractivity contribution < 1.29 is 9.53 Å². The second-order valence-corrected chi connectivity index (χ2v) is 5.48. The Labute approximate surface area is 120 Å². The summed E-state index contributed by atoms with van der Waals surface area (Å²) in [6.07, 6.45) is 3.83. The molecule has 0 aromatic heterocycles. The summed E-state index contributed by atoms with van der Waals surface area (Å²) in [5, 5.41) is 0. The highest BCUT2D eigenvalue weighted by molar-refractivity contribution is 5.81. The van der Waals surface area contributed by atoms with Crippen molar-refractivity contribution in [1.82, 2.24) is 4.90 Å². The largest absolute Gasteiger partial charge is 0.376 e. The van der Waals surface area contributed by atoms with Crippen molar-refractivity contribution in [2.45, 2.75) is 37.8 Å². The molecule has 1 aromatic rings. The van der Waals surface area contributed by atoms with Crippen LogP contribution >= 0.6 is 0 Å². The summed E-state index contributed by atoms with van der Waals surface area (Å²) in [5.41, 5.74) is 7.23. The molecule has 1 aliphatic heterocycles. The molecule has 20 heavy (non-hydrogen) atoms. The first kappa shape index (κ1) is 15.0. The third-order valence-corrected chi connectivity index (χ3v) is 3.78. The van der Waals surface area contributed by atoms with Crippen LogP contribution in [0, 0.1) is 0 Å². The number of nitrogens with two attached hydrogens (primary N) is 1. The maximum atomic E-state index is 12.2. The van der Waals surface area contributed by atoms with E-state index in [-0.39, 0.29) is 12.0 Å². The number of carbonyl (C=O) groups is 1. The van der Waals surface area contributed by atoms with Gasteiger partial charge in [0, 0.05) is 20.2 Å². The SMILES string of the molecule is CN(CC1CCCO1)C(=O)C(N)CCc1ccccc1. The number of aryl methyl sites for hydroxylation is 1. The number of amides is 1. The lowest BCUT2D eigenvalue weighted by Crippen LogP contribution is -2.44. The fourth-order valence-corrected chi connectivity index (χ4v) is 2.56. The van der Waals surface area contributed by atoms with E-state index in [9.17, 15) is 4.79 Å². The molecule has 1 fully saturated rings. The molecule has 1 aromatic carbocycles. The molecule has 1 saturated heterocycles. The Morgan fingerprint density at radius 3 is 2.85 bits per heavy atom. The molecule has 4 heteroatoms. The normalized spacial score (nSPS) is 19.8. The molecule has 1 aliphatic rings. The number of hydrogen-bond donors (Lipinski definition) is 1. The number of benzene rings is 1. The molecule has 1 heterocycles. The van der Waals surface area contributed by atoms with Gasteiger partial charge in [-0.25, -0.2) is 0 Å². The zero-order chi connectivity index (χ0) is 14.4. The quantitative estimate of drug-likeness (QED) is 0.858. The van der Waals surface area contributed by atoms with Gasteiger partial charge in [-0.05, 0) is 31.2 Å². The summed E-state index contributed by atoms with van der Waals surface area (Å²) >= 11 is 0. The predicted octanol–water partition coefficient (Wildman–Crippen LogP) is 1.58. The maximum absolute atomic E-state index is 12.2. The van der Waals surface area contributed by atoms with Gasteiger partial charge in [0.05, 0.1) is 12.1 Å². The van der Waals surface area contributed by atoms with E-state index in [1.165, 1.54) is 5.56 Å². The van der Waals surface area contributed by atoms with Crippen molar-refractivity contribution in [3.05, 3.63) is 35.9 Å². The van der Waals surface area contributed by atoms with Crippen molar-refractivity contribution in [1.29, 1.82) is 0 Å². The molecule has 0 radical (unpaired) electrons.